The van der Waals surface area contributed by atoms with Gasteiger partial charge in [0.1, 0.15) is 6.04 Å². The van der Waals surface area contributed by atoms with Crippen molar-refractivity contribution in [2.24, 2.45) is 11.7 Å². The van der Waals surface area contributed by atoms with Crippen molar-refractivity contribution in [2.45, 2.75) is 18.6 Å². The zero-order valence-electron chi connectivity index (χ0n) is 6.93. The quantitative estimate of drug-likeness (QED) is 0.650. The van der Waals surface area contributed by atoms with Crippen molar-refractivity contribution in [1.29, 1.82) is 0 Å². The van der Waals surface area contributed by atoms with Crippen LogP contribution in [0.25, 0.3) is 0 Å². The van der Waals surface area contributed by atoms with Gasteiger partial charge in [-0.1, -0.05) is 0 Å². The fourth-order valence-electron chi connectivity index (χ4n) is 1.53. The molecule has 0 aromatic heterocycles. The molecular formula is C7H13F3N2. The molecular weight excluding hydrogens is 169 g/mol. The summed E-state index contributed by atoms with van der Waals surface area (Å²) in [6.07, 6.45) is -3.69. The summed E-state index contributed by atoms with van der Waals surface area (Å²) in [6, 6.07) is -1.65. The van der Waals surface area contributed by atoms with Gasteiger partial charge < -0.3 is 10.6 Å². The van der Waals surface area contributed by atoms with Crippen LogP contribution in [0, 0.1) is 5.92 Å². The summed E-state index contributed by atoms with van der Waals surface area (Å²) in [7, 11) is 1.81. The van der Waals surface area contributed by atoms with E-state index in [0.717, 1.165) is 0 Å². The lowest BCUT2D eigenvalue weighted by molar-refractivity contribution is -0.157. The molecule has 0 amide bonds. The molecule has 72 valence electrons. The first kappa shape index (κ1) is 9.80. The van der Waals surface area contributed by atoms with E-state index in [1.54, 1.807) is 0 Å². The highest BCUT2D eigenvalue weighted by Crippen LogP contribution is 2.28. The maximum atomic E-state index is 12.1. The molecule has 1 heterocycles. The molecule has 0 spiro atoms. The Morgan fingerprint density at radius 2 is 2.08 bits per heavy atom. The minimum absolute atomic E-state index is 0.421. The minimum Gasteiger partial charge on any atom is -0.320 e. The van der Waals surface area contributed by atoms with E-state index in [0.29, 0.717) is 19.5 Å². The average molecular weight is 182 g/mol. The van der Waals surface area contributed by atoms with E-state index in [9.17, 15) is 13.2 Å². The molecule has 0 aromatic carbocycles. The average Bonchev–Trinajstić information content (AvgIpc) is 2.32. The van der Waals surface area contributed by atoms with Gasteiger partial charge in [-0.05, 0) is 25.9 Å². The van der Waals surface area contributed by atoms with Crippen LogP contribution in [0.2, 0.25) is 0 Å². The van der Waals surface area contributed by atoms with Crippen LogP contribution in [0.4, 0.5) is 13.2 Å². The van der Waals surface area contributed by atoms with Crippen LogP contribution in [0.3, 0.4) is 0 Å². The molecule has 12 heavy (non-hydrogen) atoms. The zero-order valence-corrected chi connectivity index (χ0v) is 6.93. The van der Waals surface area contributed by atoms with Gasteiger partial charge in [0, 0.05) is 6.54 Å². The number of rotatable bonds is 1. The number of nitrogens with two attached hydrogens (primary N) is 1. The molecule has 5 heteroatoms. The molecule has 0 aromatic rings. The third kappa shape index (κ3) is 2.10. The maximum Gasteiger partial charge on any atom is 0.403 e. The number of nitrogens with zero attached hydrogens (tertiary/aromatic N) is 1. The summed E-state index contributed by atoms with van der Waals surface area (Å²) in [5.41, 5.74) is 5.07. The van der Waals surface area contributed by atoms with E-state index in [1.165, 1.54) is 0 Å². The van der Waals surface area contributed by atoms with Crippen molar-refractivity contribution in [2.75, 3.05) is 20.1 Å². The zero-order chi connectivity index (χ0) is 9.35. The summed E-state index contributed by atoms with van der Waals surface area (Å²) in [5.74, 6) is -0.421. The van der Waals surface area contributed by atoms with Crippen molar-refractivity contribution in [3.63, 3.8) is 0 Å². The number of halogens is 3. The summed E-state index contributed by atoms with van der Waals surface area (Å²) >= 11 is 0. The van der Waals surface area contributed by atoms with Gasteiger partial charge in [-0.25, -0.2) is 0 Å². The van der Waals surface area contributed by atoms with Crippen LogP contribution in [-0.2, 0) is 0 Å². The fraction of sp³-hybridized carbons (Fsp3) is 1.00. The Labute approximate surface area is 69.5 Å². The molecule has 2 atom stereocenters. The Bertz CT molecular complexity index is 157. The molecule has 0 aliphatic carbocycles. The first-order valence-electron chi connectivity index (χ1n) is 3.92. The van der Waals surface area contributed by atoms with Crippen LogP contribution >= 0.6 is 0 Å². The molecule has 1 saturated heterocycles. The first-order chi connectivity index (χ1) is 5.41. The largest absolute Gasteiger partial charge is 0.403 e. The van der Waals surface area contributed by atoms with Crippen LogP contribution in [-0.4, -0.2) is 37.3 Å². The third-order valence-corrected chi connectivity index (χ3v) is 2.31. The Balaban J connectivity index is 2.48. The summed E-state index contributed by atoms with van der Waals surface area (Å²) in [6.45, 7) is 1.18. The SMILES string of the molecule is CN1CCC(C(N)C(F)(F)F)C1. The smallest absolute Gasteiger partial charge is 0.320 e. The normalized spacial score (nSPS) is 29.2. The highest BCUT2D eigenvalue weighted by molar-refractivity contribution is 4.85. The third-order valence-electron chi connectivity index (χ3n) is 2.31. The molecule has 2 nitrogen and oxygen atoms in total. The molecule has 0 radical (unpaired) electrons. The van der Waals surface area contributed by atoms with Crippen LogP contribution in [0.15, 0.2) is 0 Å². The van der Waals surface area contributed by atoms with Crippen molar-refractivity contribution in [3.8, 4) is 0 Å². The van der Waals surface area contributed by atoms with Crippen molar-refractivity contribution in [1.82, 2.24) is 4.90 Å². The summed E-state index contributed by atoms with van der Waals surface area (Å²) in [5, 5.41) is 0. The Morgan fingerprint density at radius 1 is 1.50 bits per heavy atom. The number of hydrogen-bond acceptors (Lipinski definition) is 2. The van der Waals surface area contributed by atoms with Gasteiger partial charge in [0.05, 0.1) is 0 Å². The van der Waals surface area contributed by atoms with E-state index in [-0.39, 0.29) is 0 Å². The lowest BCUT2D eigenvalue weighted by Gasteiger charge is -2.21. The molecule has 0 saturated carbocycles. The topological polar surface area (TPSA) is 29.3 Å². The van der Waals surface area contributed by atoms with E-state index >= 15 is 0 Å². The summed E-state index contributed by atoms with van der Waals surface area (Å²) < 4.78 is 36.3. The maximum absolute atomic E-state index is 12.1. The first-order valence-corrected chi connectivity index (χ1v) is 3.92. The molecule has 1 fully saturated rings. The number of likely N-dealkylation sites (tertiary alicyclic amines) is 1. The minimum atomic E-state index is -4.24. The van der Waals surface area contributed by atoms with Gasteiger partial charge >= 0.3 is 6.18 Å². The molecule has 2 N–H and O–H groups in total. The highest BCUT2D eigenvalue weighted by atomic mass is 19.4. The molecule has 1 aliphatic heterocycles. The Kier molecular flexibility index (Phi) is 2.63. The fourth-order valence-corrected chi connectivity index (χ4v) is 1.53. The number of hydrogen-bond donors (Lipinski definition) is 1. The molecule has 1 rings (SSSR count). The predicted octanol–water partition coefficient (Wildman–Crippen LogP) is 0.828. The molecule has 1 aliphatic rings. The monoisotopic (exact) mass is 182 g/mol. The second kappa shape index (κ2) is 3.22. The van der Waals surface area contributed by atoms with Crippen molar-refractivity contribution >= 4 is 0 Å². The van der Waals surface area contributed by atoms with Crippen LogP contribution < -0.4 is 5.73 Å². The van der Waals surface area contributed by atoms with E-state index in [2.05, 4.69) is 0 Å². The van der Waals surface area contributed by atoms with E-state index < -0.39 is 18.1 Å². The number of alkyl halides is 3. The second-order valence-corrected chi connectivity index (χ2v) is 3.38. The van der Waals surface area contributed by atoms with Crippen molar-refractivity contribution < 1.29 is 13.2 Å². The Morgan fingerprint density at radius 3 is 2.42 bits per heavy atom. The van der Waals surface area contributed by atoms with E-state index in [4.69, 9.17) is 5.73 Å². The highest BCUT2D eigenvalue weighted by Gasteiger charge is 2.43. The molecule has 0 bridgehead atoms. The van der Waals surface area contributed by atoms with Crippen LogP contribution in [0.5, 0.6) is 0 Å². The lowest BCUT2D eigenvalue weighted by atomic mass is 10.00. The predicted molar refractivity (Wildman–Crippen MR) is 39.6 cm³/mol. The molecule has 2 unspecified atom stereocenters. The second-order valence-electron chi connectivity index (χ2n) is 3.38. The Hall–Kier alpha value is -0.290. The summed E-state index contributed by atoms with van der Waals surface area (Å²) in [4.78, 5) is 1.87. The van der Waals surface area contributed by atoms with Gasteiger partial charge in [0.15, 0.2) is 0 Å². The van der Waals surface area contributed by atoms with Gasteiger partial charge in [-0.2, -0.15) is 13.2 Å². The van der Waals surface area contributed by atoms with Gasteiger partial charge in [0.2, 0.25) is 0 Å². The van der Waals surface area contributed by atoms with Crippen LogP contribution in [0.1, 0.15) is 6.42 Å². The van der Waals surface area contributed by atoms with Gasteiger partial charge in [-0.15, -0.1) is 0 Å². The van der Waals surface area contributed by atoms with Gasteiger partial charge in [0.25, 0.3) is 0 Å². The van der Waals surface area contributed by atoms with E-state index in [1.807, 2.05) is 11.9 Å². The van der Waals surface area contributed by atoms with Crippen molar-refractivity contribution in [3.05, 3.63) is 0 Å². The van der Waals surface area contributed by atoms with Gasteiger partial charge in [-0.3, -0.25) is 0 Å². The standard InChI is InChI=1S/C7H13F3N2/c1-12-3-2-5(4-12)6(11)7(8,9)10/h5-6H,2-4,11H2,1H3. The lowest BCUT2D eigenvalue weighted by Crippen LogP contribution is -2.44.